The van der Waals surface area contributed by atoms with Gasteiger partial charge in [0.05, 0.1) is 23.6 Å². The Hall–Kier alpha value is -3.48. The average molecular weight is 382 g/mol. The molecule has 0 unspecified atom stereocenters. The zero-order chi connectivity index (χ0) is 19.8. The van der Waals surface area contributed by atoms with Gasteiger partial charge in [0.15, 0.2) is 5.78 Å². The molecule has 0 aromatic heterocycles. The molecule has 2 aromatic carbocycles. The van der Waals surface area contributed by atoms with Crippen LogP contribution in [0.25, 0.3) is 0 Å². The number of hydrogen-bond acceptors (Lipinski definition) is 4. The van der Waals surface area contributed by atoms with Gasteiger partial charge in [0.2, 0.25) is 5.91 Å². The molecule has 1 amide bonds. The first-order valence-corrected chi connectivity index (χ1v) is 8.64. The highest BCUT2D eigenvalue weighted by Gasteiger charge is 2.36. The van der Waals surface area contributed by atoms with Gasteiger partial charge >= 0.3 is 0 Å². The van der Waals surface area contributed by atoms with Gasteiger partial charge in [-0.25, -0.2) is 8.78 Å². The predicted octanol–water partition coefficient (Wildman–Crippen LogP) is 3.29. The van der Waals surface area contributed by atoms with E-state index in [1.165, 1.54) is 6.07 Å². The molecule has 142 valence electrons. The van der Waals surface area contributed by atoms with Crippen molar-refractivity contribution in [2.45, 2.75) is 18.9 Å². The molecule has 0 radical (unpaired) electrons. The molecule has 5 nitrogen and oxygen atoms in total. The summed E-state index contributed by atoms with van der Waals surface area (Å²) >= 11 is 0. The molecule has 3 N–H and O–H groups in total. The third-order valence-corrected chi connectivity index (χ3v) is 4.77. The highest BCUT2D eigenvalue weighted by molar-refractivity contribution is 6.07. The number of Topliss-reactive ketones (excluding diaryl/α,β-unsaturated/α-hetero) is 1. The number of allylic oxidation sites excluding steroid dienone is 2. The number of ether oxygens (including phenoxy) is 1. The molecule has 0 spiro atoms. The molecule has 2 aromatic rings. The predicted molar refractivity (Wildman–Crippen MR) is 97.9 cm³/mol. The number of amides is 1. The van der Waals surface area contributed by atoms with Gasteiger partial charge in [-0.3, -0.25) is 9.59 Å². The summed E-state index contributed by atoms with van der Waals surface area (Å²) in [5, 5.41) is 2.79. The van der Waals surface area contributed by atoms with Crippen LogP contribution in [0.2, 0.25) is 0 Å². The zero-order valence-electron chi connectivity index (χ0n) is 14.7. The van der Waals surface area contributed by atoms with E-state index in [-0.39, 0.29) is 35.8 Å². The number of rotatable bonds is 3. The van der Waals surface area contributed by atoms with E-state index in [0.29, 0.717) is 11.3 Å². The van der Waals surface area contributed by atoms with E-state index >= 15 is 0 Å². The largest absolute Gasteiger partial charge is 0.488 e. The summed E-state index contributed by atoms with van der Waals surface area (Å²) in [5.41, 5.74) is 7.63. The van der Waals surface area contributed by atoms with E-state index in [1.54, 1.807) is 18.2 Å². The summed E-state index contributed by atoms with van der Waals surface area (Å²) in [7, 11) is 0. The number of carbonyl (C=O) groups is 2. The summed E-state index contributed by atoms with van der Waals surface area (Å²) in [4.78, 5) is 25.0. The van der Waals surface area contributed by atoms with Crippen molar-refractivity contribution >= 4 is 17.4 Å². The van der Waals surface area contributed by atoms with Crippen LogP contribution in [0.15, 0.2) is 65.6 Å². The Morgan fingerprint density at radius 2 is 1.96 bits per heavy atom. The zero-order valence-corrected chi connectivity index (χ0v) is 14.7. The lowest BCUT2D eigenvalue weighted by Crippen LogP contribution is -2.29. The van der Waals surface area contributed by atoms with E-state index in [2.05, 4.69) is 5.32 Å². The SMILES string of the molecule is NC(=O)[C@H]1C2=C(C=C(Nc3ccc(F)cc3F)CC2=O)OCc2ccccc21. The van der Waals surface area contributed by atoms with Crippen LogP contribution in [0.4, 0.5) is 14.5 Å². The van der Waals surface area contributed by atoms with Crippen LogP contribution >= 0.6 is 0 Å². The number of ketones is 1. The molecular weight excluding hydrogens is 366 g/mol. The van der Waals surface area contributed by atoms with Crippen molar-refractivity contribution in [3.63, 3.8) is 0 Å². The maximum absolute atomic E-state index is 13.9. The van der Waals surface area contributed by atoms with Crippen LogP contribution in [-0.4, -0.2) is 11.7 Å². The van der Waals surface area contributed by atoms with E-state index in [9.17, 15) is 18.4 Å². The molecule has 7 heteroatoms. The fourth-order valence-corrected chi connectivity index (χ4v) is 3.51. The molecular formula is C21H16F2N2O3. The van der Waals surface area contributed by atoms with Gasteiger partial charge in [0, 0.05) is 17.8 Å². The number of halogens is 2. The Bertz CT molecular complexity index is 1060. The number of hydrogen-bond donors (Lipinski definition) is 2. The molecule has 2 aliphatic rings. The summed E-state index contributed by atoms with van der Waals surface area (Å²) < 4.78 is 32.8. The normalized spacial score (nSPS) is 18.4. The number of anilines is 1. The highest BCUT2D eigenvalue weighted by Crippen LogP contribution is 2.38. The number of fused-ring (bicyclic) bond motifs is 1. The minimum absolute atomic E-state index is 0.0351. The minimum atomic E-state index is -0.915. The van der Waals surface area contributed by atoms with Crippen LogP contribution < -0.4 is 11.1 Å². The first kappa shape index (κ1) is 17.9. The lowest BCUT2D eigenvalue weighted by atomic mass is 9.82. The van der Waals surface area contributed by atoms with Crippen LogP contribution in [0.3, 0.4) is 0 Å². The van der Waals surface area contributed by atoms with E-state index in [4.69, 9.17) is 10.5 Å². The number of primary amides is 1. The van der Waals surface area contributed by atoms with Crippen molar-refractivity contribution < 1.29 is 23.1 Å². The smallest absolute Gasteiger partial charge is 0.229 e. The van der Waals surface area contributed by atoms with Crippen LogP contribution in [0, 0.1) is 11.6 Å². The summed E-state index contributed by atoms with van der Waals surface area (Å²) in [6.45, 7) is 0.167. The molecule has 28 heavy (non-hydrogen) atoms. The molecule has 4 rings (SSSR count). The van der Waals surface area contributed by atoms with Crippen molar-refractivity contribution in [3.8, 4) is 0 Å². The Balaban J connectivity index is 1.75. The third kappa shape index (κ3) is 3.15. The fourth-order valence-electron chi connectivity index (χ4n) is 3.51. The summed E-state index contributed by atoms with van der Waals surface area (Å²) in [6.07, 6.45) is 1.46. The van der Waals surface area contributed by atoms with E-state index in [1.807, 2.05) is 12.1 Å². The molecule has 1 aliphatic heterocycles. The second-order valence-electron chi connectivity index (χ2n) is 6.62. The molecule has 1 aliphatic carbocycles. The van der Waals surface area contributed by atoms with Crippen LogP contribution in [0.5, 0.6) is 0 Å². The van der Waals surface area contributed by atoms with Crippen LogP contribution in [0.1, 0.15) is 23.5 Å². The Morgan fingerprint density at radius 3 is 2.71 bits per heavy atom. The molecule has 1 atom stereocenters. The number of nitrogens with two attached hydrogens (primary N) is 1. The lowest BCUT2D eigenvalue weighted by Gasteiger charge is -2.23. The molecule has 0 saturated heterocycles. The van der Waals surface area contributed by atoms with Gasteiger partial charge in [-0.2, -0.15) is 0 Å². The topological polar surface area (TPSA) is 81.4 Å². The first-order valence-electron chi connectivity index (χ1n) is 8.64. The number of nitrogens with one attached hydrogen (secondary N) is 1. The van der Waals surface area contributed by atoms with Gasteiger partial charge < -0.3 is 15.8 Å². The molecule has 0 saturated carbocycles. The van der Waals surface area contributed by atoms with Crippen molar-refractivity contribution in [2.75, 3.05) is 5.32 Å². The third-order valence-electron chi connectivity index (χ3n) is 4.77. The van der Waals surface area contributed by atoms with Gasteiger partial charge in [-0.1, -0.05) is 24.3 Å². The van der Waals surface area contributed by atoms with Crippen molar-refractivity contribution in [2.24, 2.45) is 5.73 Å². The van der Waals surface area contributed by atoms with Gasteiger partial charge in [0.1, 0.15) is 24.0 Å². The Labute approximate surface area is 159 Å². The summed E-state index contributed by atoms with van der Waals surface area (Å²) in [6, 6.07) is 10.3. The fraction of sp³-hybridized carbons (Fsp3) is 0.143. The maximum atomic E-state index is 13.9. The van der Waals surface area contributed by atoms with Gasteiger partial charge in [-0.05, 0) is 23.3 Å². The standard InChI is InChI=1S/C21H16F2N2O3/c22-12-5-6-16(15(23)7-12)25-13-8-17(26)20-18(9-13)28-10-11-3-1-2-4-14(11)19(20)21(24)27/h1-7,9,19,25H,8,10H2,(H2,24,27)/t19-/m1/s1. The number of benzene rings is 2. The van der Waals surface area contributed by atoms with Crippen molar-refractivity contribution in [3.05, 3.63) is 88.3 Å². The Kier molecular flexibility index (Phi) is 4.43. The highest BCUT2D eigenvalue weighted by atomic mass is 19.1. The van der Waals surface area contributed by atoms with Gasteiger partial charge in [-0.15, -0.1) is 0 Å². The second kappa shape index (κ2) is 6.92. The van der Waals surface area contributed by atoms with E-state index in [0.717, 1.165) is 17.7 Å². The minimum Gasteiger partial charge on any atom is -0.488 e. The van der Waals surface area contributed by atoms with Crippen molar-refractivity contribution in [1.82, 2.24) is 0 Å². The quantitative estimate of drug-likeness (QED) is 0.854. The molecule has 0 fully saturated rings. The molecule has 1 heterocycles. The Morgan fingerprint density at radius 1 is 1.18 bits per heavy atom. The first-order chi connectivity index (χ1) is 13.4. The average Bonchev–Trinajstić information content (AvgIpc) is 2.81. The molecule has 0 bridgehead atoms. The maximum Gasteiger partial charge on any atom is 0.229 e. The van der Waals surface area contributed by atoms with Crippen molar-refractivity contribution in [1.29, 1.82) is 0 Å². The van der Waals surface area contributed by atoms with E-state index < -0.39 is 23.5 Å². The number of carbonyl (C=O) groups excluding carboxylic acids is 2. The van der Waals surface area contributed by atoms with Crippen LogP contribution in [-0.2, 0) is 20.9 Å². The monoisotopic (exact) mass is 382 g/mol. The van der Waals surface area contributed by atoms with Gasteiger partial charge in [0.25, 0.3) is 0 Å². The second-order valence-corrected chi connectivity index (χ2v) is 6.62. The summed E-state index contributed by atoms with van der Waals surface area (Å²) in [5.74, 6) is -3.16. The lowest BCUT2D eigenvalue weighted by molar-refractivity contribution is -0.121.